The summed E-state index contributed by atoms with van der Waals surface area (Å²) in [6.07, 6.45) is 5.07. The zero-order valence-electron chi connectivity index (χ0n) is 11.7. The zero-order chi connectivity index (χ0) is 13.1. The fraction of sp³-hybridized carbons (Fsp3) is 0.625. The van der Waals surface area contributed by atoms with Gasteiger partial charge in [-0.25, -0.2) is 0 Å². The second kappa shape index (κ2) is 6.08. The van der Waals surface area contributed by atoms with Crippen LogP contribution in [0.3, 0.4) is 0 Å². The number of rotatable bonds is 3. The van der Waals surface area contributed by atoms with E-state index in [1.54, 1.807) is 0 Å². The standard InChI is InChI=1S/C16H24ClN/c1-11-5-7-16(18-3)14(8-11)10-13-6-4-12(2)9-15(13)17/h4,6,9,11,14,16,18H,5,7-8,10H2,1-3H3. The largest absolute Gasteiger partial charge is 0.317 e. The highest BCUT2D eigenvalue weighted by atomic mass is 35.5. The van der Waals surface area contributed by atoms with E-state index in [9.17, 15) is 0 Å². The summed E-state index contributed by atoms with van der Waals surface area (Å²) in [5, 5.41) is 4.42. The fourth-order valence-electron chi connectivity index (χ4n) is 3.20. The molecule has 1 aliphatic carbocycles. The van der Waals surface area contributed by atoms with Gasteiger partial charge in [0.1, 0.15) is 0 Å². The Bertz CT molecular complexity index is 402. The molecule has 1 N–H and O–H groups in total. The number of aryl methyl sites for hydroxylation is 1. The van der Waals surface area contributed by atoms with E-state index in [0.717, 1.165) is 23.3 Å². The summed E-state index contributed by atoms with van der Waals surface area (Å²) in [4.78, 5) is 0. The van der Waals surface area contributed by atoms with Crippen molar-refractivity contribution >= 4 is 11.6 Å². The molecule has 1 aromatic carbocycles. The minimum Gasteiger partial charge on any atom is -0.317 e. The van der Waals surface area contributed by atoms with Crippen LogP contribution < -0.4 is 5.32 Å². The van der Waals surface area contributed by atoms with Crippen LogP contribution in [0.4, 0.5) is 0 Å². The first-order chi connectivity index (χ1) is 8.60. The molecule has 100 valence electrons. The number of halogens is 1. The molecule has 18 heavy (non-hydrogen) atoms. The second-order valence-electron chi connectivity index (χ2n) is 5.87. The van der Waals surface area contributed by atoms with E-state index in [1.807, 2.05) is 0 Å². The molecule has 0 aromatic heterocycles. The van der Waals surface area contributed by atoms with Gasteiger partial charge in [0, 0.05) is 11.1 Å². The molecule has 0 spiro atoms. The molecule has 3 atom stereocenters. The Morgan fingerprint density at radius 2 is 2.11 bits per heavy atom. The van der Waals surface area contributed by atoms with E-state index in [-0.39, 0.29) is 0 Å². The summed E-state index contributed by atoms with van der Waals surface area (Å²) in [5.74, 6) is 1.57. The van der Waals surface area contributed by atoms with Crippen LogP contribution in [0.1, 0.15) is 37.3 Å². The van der Waals surface area contributed by atoms with E-state index in [1.165, 1.54) is 30.4 Å². The maximum Gasteiger partial charge on any atom is 0.0440 e. The number of nitrogens with one attached hydrogen (secondary N) is 1. The Kier molecular flexibility index (Phi) is 4.69. The predicted octanol–water partition coefficient (Wildman–Crippen LogP) is 4.22. The van der Waals surface area contributed by atoms with Crippen LogP contribution in [-0.4, -0.2) is 13.1 Å². The predicted molar refractivity (Wildman–Crippen MR) is 79.2 cm³/mol. The fourth-order valence-corrected chi connectivity index (χ4v) is 3.52. The van der Waals surface area contributed by atoms with Crippen LogP contribution in [0.25, 0.3) is 0 Å². The van der Waals surface area contributed by atoms with Gasteiger partial charge in [0.15, 0.2) is 0 Å². The van der Waals surface area contributed by atoms with E-state index in [0.29, 0.717) is 6.04 Å². The van der Waals surface area contributed by atoms with E-state index >= 15 is 0 Å². The molecule has 0 saturated heterocycles. The van der Waals surface area contributed by atoms with Gasteiger partial charge in [-0.3, -0.25) is 0 Å². The average molecular weight is 266 g/mol. The molecule has 0 radical (unpaired) electrons. The van der Waals surface area contributed by atoms with Gasteiger partial charge in [0.25, 0.3) is 0 Å². The molecule has 1 nitrogen and oxygen atoms in total. The molecule has 2 rings (SSSR count). The van der Waals surface area contributed by atoms with E-state index in [2.05, 4.69) is 44.4 Å². The Labute approximate surface area is 116 Å². The molecular weight excluding hydrogens is 242 g/mol. The third kappa shape index (κ3) is 3.27. The van der Waals surface area contributed by atoms with Crippen molar-refractivity contribution in [2.45, 2.75) is 45.6 Å². The summed E-state index contributed by atoms with van der Waals surface area (Å²) >= 11 is 6.36. The van der Waals surface area contributed by atoms with Crippen molar-refractivity contribution in [1.82, 2.24) is 5.32 Å². The summed E-state index contributed by atoms with van der Waals surface area (Å²) < 4.78 is 0. The Morgan fingerprint density at radius 1 is 1.33 bits per heavy atom. The topological polar surface area (TPSA) is 12.0 Å². The van der Waals surface area contributed by atoms with Gasteiger partial charge in [0.05, 0.1) is 0 Å². The lowest BCUT2D eigenvalue weighted by atomic mass is 9.76. The lowest BCUT2D eigenvalue weighted by Crippen LogP contribution is -2.39. The Balaban J connectivity index is 2.10. The first-order valence-corrected chi connectivity index (χ1v) is 7.40. The van der Waals surface area contributed by atoms with Crippen LogP contribution in [-0.2, 0) is 6.42 Å². The van der Waals surface area contributed by atoms with Crippen LogP contribution in [0, 0.1) is 18.8 Å². The molecule has 0 heterocycles. The molecule has 3 unspecified atom stereocenters. The Hall–Kier alpha value is -0.530. The van der Waals surface area contributed by atoms with Crippen LogP contribution in [0.2, 0.25) is 5.02 Å². The van der Waals surface area contributed by atoms with Crippen LogP contribution >= 0.6 is 11.6 Å². The van der Waals surface area contributed by atoms with E-state index in [4.69, 9.17) is 11.6 Å². The SMILES string of the molecule is CNC1CCC(C)CC1Cc1ccc(C)cc1Cl. The molecule has 0 aliphatic heterocycles. The average Bonchev–Trinajstić information content (AvgIpc) is 2.33. The smallest absolute Gasteiger partial charge is 0.0440 e. The number of benzene rings is 1. The molecular formula is C16H24ClN. The highest BCUT2D eigenvalue weighted by Crippen LogP contribution is 2.33. The molecule has 1 aliphatic rings. The third-order valence-electron chi connectivity index (χ3n) is 4.31. The van der Waals surface area contributed by atoms with Crippen molar-refractivity contribution in [3.8, 4) is 0 Å². The normalized spacial score (nSPS) is 28.3. The lowest BCUT2D eigenvalue weighted by molar-refractivity contribution is 0.220. The van der Waals surface area contributed by atoms with Gasteiger partial charge in [-0.15, -0.1) is 0 Å². The molecule has 1 fully saturated rings. The molecule has 0 bridgehead atoms. The summed E-state index contributed by atoms with van der Waals surface area (Å²) in [7, 11) is 2.09. The maximum absolute atomic E-state index is 6.36. The molecule has 1 aromatic rings. The Morgan fingerprint density at radius 3 is 2.78 bits per heavy atom. The van der Waals surface area contributed by atoms with Gasteiger partial charge in [-0.1, -0.05) is 30.7 Å². The number of hydrogen-bond donors (Lipinski definition) is 1. The van der Waals surface area contributed by atoms with Gasteiger partial charge in [0.2, 0.25) is 0 Å². The monoisotopic (exact) mass is 265 g/mol. The first kappa shape index (κ1) is 13.9. The second-order valence-corrected chi connectivity index (χ2v) is 6.28. The van der Waals surface area contributed by atoms with Gasteiger partial charge in [-0.05, 0) is 68.7 Å². The molecule has 2 heteroatoms. The summed E-state index contributed by atoms with van der Waals surface area (Å²) in [6.45, 7) is 4.46. The van der Waals surface area contributed by atoms with Crippen molar-refractivity contribution in [3.63, 3.8) is 0 Å². The van der Waals surface area contributed by atoms with Crippen molar-refractivity contribution in [3.05, 3.63) is 34.3 Å². The minimum atomic E-state index is 0.651. The van der Waals surface area contributed by atoms with Crippen molar-refractivity contribution < 1.29 is 0 Å². The van der Waals surface area contributed by atoms with Crippen molar-refractivity contribution in [2.75, 3.05) is 7.05 Å². The van der Waals surface area contributed by atoms with Crippen molar-refractivity contribution in [2.24, 2.45) is 11.8 Å². The quantitative estimate of drug-likeness (QED) is 0.863. The first-order valence-electron chi connectivity index (χ1n) is 7.02. The maximum atomic E-state index is 6.36. The highest BCUT2D eigenvalue weighted by molar-refractivity contribution is 6.31. The number of hydrogen-bond acceptors (Lipinski definition) is 1. The van der Waals surface area contributed by atoms with Crippen LogP contribution in [0.15, 0.2) is 18.2 Å². The zero-order valence-corrected chi connectivity index (χ0v) is 12.4. The summed E-state index contributed by atoms with van der Waals surface area (Å²) in [5.41, 5.74) is 2.55. The van der Waals surface area contributed by atoms with Crippen LogP contribution in [0.5, 0.6) is 0 Å². The highest BCUT2D eigenvalue weighted by Gasteiger charge is 2.27. The molecule has 1 saturated carbocycles. The summed E-state index contributed by atoms with van der Waals surface area (Å²) in [6, 6.07) is 7.10. The van der Waals surface area contributed by atoms with Gasteiger partial charge in [-0.2, -0.15) is 0 Å². The lowest BCUT2D eigenvalue weighted by Gasteiger charge is -2.35. The van der Waals surface area contributed by atoms with Crippen molar-refractivity contribution in [1.29, 1.82) is 0 Å². The van der Waals surface area contributed by atoms with E-state index < -0.39 is 0 Å². The third-order valence-corrected chi connectivity index (χ3v) is 4.66. The minimum absolute atomic E-state index is 0.651. The van der Waals surface area contributed by atoms with Gasteiger partial charge < -0.3 is 5.32 Å². The van der Waals surface area contributed by atoms with Gasteiger partial charge >= 0.3 is 0 Å². The molecule has 0 amide bonds.